The van der Waals surface area contributed by atoms with Crippen LogP contribution in [-0.2, 0) is 9.53 Å². The summed E-state index contributed by atoms with van der Waals surface area (Å²) in [5.74, 6) is 0.571. The number of nitrogens with zero attached hydrogens (tertiary/aromatic N) is 3. The van der Waals surface area contributed by atoms with Crippen molar-refractivity contribution in [1.82, 2.24) is 14.5 Å². The Hall–Kier alpha value is -3.32. The van der Waals surface area contributed by atoms with E-state index in [1.165, 1.54) is 11.8 Å². The largest absolute Gasteiger partial charge is 0.494 e. The van der Waals surface area contributed by atoms with Gasteiger partial charge in [0.2, 0.25) is 0 Å². The summed E-state index contributed by atoms with van der Waals surface area (Å²) in [6.07, 6.45) is 3.62. The Morgan fingerprint density at radius 3 is 2.47 bits per heavy atom. The third-order valence-corrected chi connectivity index (χ3v) is 6.04. The Kier molecular flexibility index (Phi) is 6.75. The maximum absolute atomic E-state index is 12.2. The summed E-state index contributed by atoms with van der Waals surface area (Å²) < 4.78 is 12.8. The Bertz CT molecular complexity index is 1210. The van der Waals surface area contributed by atoms with Crippen molar-refractivity contribution in [1.29, 1.82) is 0 Å². The van der Waals surface area contributed by atoms with Crippen molar-refractivity contribution >= 4 is 28.8 Å². The van der Waals surface area contributed by atoms with Crippen LogP contribution in [0.2, 0.25) is 0 Å². The number of carbonyl (C=O) groups is 1. The number of hydrogen-bond acceptors (Lipinski definition) is 6. The van der Waals surface area contributed by atoms with Gasteiger partial charge in [0.15, 0.2) is 0 Å². The van der Waals surface area contributed by atoms with Crippen molar-refractivity contribution in [3.63, 3.8) is 0 Å². The van der Waals surface area contributed by atoms with Gasteiger partial charge in [-0.25, -0.2) is 9.97 Å². The van der Waals surface area contributed by atoms with E-state index in [2.05, 4.69) is 28.3 Å². The number of thioether (sulfide) groups is 1. The zero-order valence-corrected chi connectivity index (χ0v) is 19.1. The zero-order chi connectivity index (χ0) is 22.5. The number of rotatable bonds is 8. The fraction of sp³-hybridized carbons (Fsp3) is 0.240. The van der Waals surface area contributed by atoms with Gasteiger partial charge in [0.05, 0.1) is 18.6 Å². The molecule has 0 aliphatic heterocycles. The molecule has 0 saturated heterocycles. The van der Waals surface area contributed by atoms with Gasteiger partial charge < -0.3 is 14.0 Å². The minimum atomic E-state index is -0.384. The molecule has 4 rings (SSSR count). The molecule has 0 saturated carbocycles. The highest BCUT2D eigenvalue weighted by Gasteiger charge is 2.22. The van der Waals surface area contributed by atoms with Gasteiger partial charge >= 0.3 is 5.97 Å². The van der Waals surface area contributed by atoms with Gasteiger partial charge in [0.1, 0.15) is 28.0 Å². The van der Waals surface area contributed by atoms with Crippen LogP contribution in [-0.4, -0.2) is 39.0 Å². The lowest BCUT2D eigenvalue weighted by Gasteiger charge is -2.11. The molecule has 6 nitrogen and oxygen atoms in total. The molecule has 0 fully saturated rings. The quantitative estimate of drug-likeness (QED) is 0.201. The van der Waals surface area contributed by atoms with E-state index in [1.54, 1.807) is 6.33 Å². The molecular weight excluding hydrogens is 422 g/mol. The molecule has 0 bridgehead atoms. The topological polar surface area (TPSA) is 66.2 Å². The lowest BCUT2D eigenvalue weighted by molar-refractivity contribution is -0.142. The molecule has 0 N–H and O–H groups in total. The molecule has 0 spiro atoms. The minimum Gasteiger partial charge on any atom is -0.494 e. The van der Waals surface area contributed by atoms with E-state index in [1.807, 2.05) is 67.8 Å². The summed E-state index contributed by atoms with van der Waals surface area (Å²) in [7, 11) is 0. The molecule has 2 aromatic heterocycles. The van der Waals surface area contributed by atoms with E-state index in [-0.39, 0.29) is 11.2 Å². The number of hydrogen-bond donors (Lipinski definition) is 0. The average molecular weight is 448 g/mol. The second-order valence-electron chi connectivity index (χ2n) is 7.10. The summed E-state index contributed by atoms with van der Waals surface area (Å²) >= 11 is 1.39. The first-order chi connectivity index (χ1) is 15.6. The van der Waals surface area contributed by atoms with Crippen LogP contribution in [0.3, 0.4) is 0 Å². The van der Waals surface area contributed by atoms with Crippen LogP contribution in [0.4, 0.5) is 0 Å². The van der Waals surface area contributed by atoms with Crippen LogP contribution < -0.4 is 4.74 Å². The number of ether oxygens (including phenoxy) is 2. The number of fused-ring (bicyclic) bond motifs is 1. The third-order valence-electron chi connectivity index (χ3n) is 4.97. The first-order valence-corrected chi connectivity index (χ1v) is 11.5. The SMILES string of the molecule is CCOC(=O)[C@H](C)Sc1ncnc2c1c(-c1ccccc1)cn2-c1ccc(OCC)cc1. The Balaban J connectivity index is 1.85. The lowest BCUT2D eigenvalue weighted by atomic mass is 10.1. The molecule has 32 heavy (non-hydrogen) atoms. The molecule has 0 amide bonds. The van der Waals surface area contributed by atoms with E-state index < -0.39 is 0 Å². The summed E-state index contributed by atoms with van der Waals surface area (Å²) in [5.41, 5.74) is 3.81. The van der Waals surface area contributed by atoms with Gasteiger partial charge in [-0.05, 0) is 50.6 Å². The minimum absolute atomic E-state index is 0.253. The van der Waals surface area contributed by atoms with E-state index in [4.69, 9.17) is 9.47 Å². The molecule has 1 atom stereocenters. The monoisotopic (exact) mass is 447 g/mol. The summed E-state index contributed by atoms with van der Waals surface area (Å²) in [4.78, 5) is 21.4. The first-order valence-electron chi connectivity index (χ1n) is 10.6. The van der Waals surface area contributed by atoms with Gasteiger partial charge in [-0.3, -0.25) is 4.79 Å². The van der Waals surface area contributed by atoms with E-state index in [9.17, 15) is 4.79 Å². The Morgan fingerprint density at radius 1 is 1.03 bits per heavy atom. The Labute approximate surface area is 191 Å². The smallest absolute Gasteiger partial charge is 0.319 e. The number of carbonyl (C=O) groups excluding carboxylic acids is 1. The fourth-order valence-electron chi connectivity index (χ4n) is 3.50. The number of aromatic nitrogens is 3. The zero-order valence-electron chi connectivity index (χ0n) is 18.3. The predicted molar refractivity (Wildman–Crippen MR) is 127 cm³/mol. The highest BCUT2D eigenvalue weighted by atomic mass is 32.2. The van der Waals surface area contributed by atoms with E-state index in [0.29, 0.717) is 13.2 Å². The molecule has 0 radical (unpaired) electrons. The summed E-state index contributed by atoms with van der Waals surface area (Å²) in [5, 5.41) is 1.28. The average Bonchev–Trinajstić information content (AvgIpc) is 3.21. The molecule has 2 aromatic carbocycles. The molecule has 0 aliphatic rings. The van der Waals surface area contributed by atoms with E-state index in [0.717, 1.165) is 38.6 Å². The number of esters is 1. The second kappa shape index (κ2) is 9.87. The van der Waals surface area contributed by atoms with Crippen molar-refractivity contribution in [3.8, 4) is 22.6 Å². The normalized spacial score (nSPS) is 12.0. The van der Waals surface area contributed by atoms with Gasteiger partial charge in [0.25, 0.3) is 0 Å². The third kappa shape index (κ3) is 4.48. The molecule has 7 heteroatoms. The van der Waals surface area contributed by atoms with Crippen LogP contribution >= 0.6 is 11.8 Å². The summed E-state index contributed by atoms with van der Waals surface area (Å²) in [6, 6.07) is 18.1. The number of benzene rings is 2. The van der Waals surface area contributed by atoms with Crippen molar-refractivity contribution in [2.75, 3.05) is 13.2 Å². The predicted octanol–water partition coefficient (Wildman–Crippen LogP) is 5.53. The van der Waals surface area contributed by atoms with Gasteiger partial charge in [-0.1, -0.05) is 42.1 Å². The fourth-order valence-corrected chi connectivity index (χ4v) is 4.43. The van der Waals surface area contributed by atoms with Crippen LogP contribution in [0.5, 0.6) is 5.75 Å². The highest BCUT2D eigenvalue weighted by molar-refractivity contribution is 8.00. The van der Waals surface area contributed by atoms with Crippen LogP contribution in [0.15, 0.2) is 72.1 Å². The maximum atomic E-state index is 12.2. The molecule has 4 aromatic rings. The van der Waals surface area contributed by atoms with Gasteiger partial charge in [-0.2, -0.15) is 0 Å². The van der Waals surface area contributed by atoms with Crippen molar-refractivity contribution in [3.05, 3.63) is 67.1 Å². The van der Waals surface area contributed by atoms with Gasteiger partial charge in [-0.15, -0.1) is 0 Å². The van der Waals surface area contributed by atoms with Crippen LogP contribution in [0, 0.1) is 0 Å². The molecule has 0 aliphatic carbocycles. The van der Waals surface area contributed by atoms with E-state index >= 15 is 0 Å². The van der Waals surface area contributed by atoms with Gasteiger partial charge in [0, 0.05) is 17.4 Å². The van der Waals surface area contributed by atoms with Crippen LogP contribution in [0.1, 0.15) is 20.8 Å². The molecular formula is C25H25N3O3S. The molecule has 164 valence electrons. The van der Waals surface area contributed by atoms with Crippen molar-refractivity contribution in [2.45, 2.75) is 31.0 Å². The van der Waals surface area contributed by atoms with Crippen molar-refractivity contribution < 1.29 is 14.3 Å². The van der Waals surface area contributed by atoms with Crippen LogP contribution in [0.25, 0.3) is 27.8 Å². The second-order valence-corrected chi connectivity index (χ2v) is 8.42. The molecule has 0 unspecified atom stereocenters. The summed E-state index contributed by atoms with van der Waals surface area (Å²) in [6.45, 7) is 6.58. The Morgan fingerprint density at radius 2 is 1.78 bits per heavy atom. The first kappa shape index (κ1) is 21.9. The van der Waals surface area contributed by atoms with Crippen molar-refractivity contribution in [2.24, 2.45) is 0 Å². The lowest BCUT2D eigenvalue weighted by Crippen LogP contribution is -2.16. The standard InChI is InChI=1S/C25H25N3O3S/c1-4-30-20-13-11-19(12-14-20)28-15-21(18-9-7-6-8-10-18)22-23(28)26-16-27-24(22)32-17(3)25(29)31-5-2/h6-17H,4-5H2,1-3H3/t17-/m0/s1. The highest BCUT2D eigenvalue weighted by Crippen LogP contribution is 2.38. The molecule has 2 heterocycles. The maximum Gasteiger partial charge on any atom is 0.319 e.